The molecule has 0 aromatic heterocycles. The van der Waals surface area contributed by atoms with Crippen LogP contribution in [-0.2, 0) is 9.59 Å². The first-order chi connectivity index (χ1) is 9.68. The summed E-state index contributed by atoms with van der Waals surface area (Å²) in [6.07, 6.45) is 5.30. The Hall–Kier alpha value is -1.81. The van der Waals surface area contributed by atoms with E-state index in [1.807, 2.05) is 30.4 Å². The Morgan fingerprint density at radius 2 is 1.70 bits per heavy atom. The standard InChI is InChI=1S/C15H15ClN2O2/c16-12-7-3-4-8-13(12)17-9-18-14(19)10-5-1-2-6-11(10)15(18)20/h1-4,7-8,10-11,17H,5-6,9H2/t10-,11-/m0/s1. The third-order valence-electron chi connectivity index (χ3n) is 3.90. The Balaban J connectivity index is 1.71. The van der Waals surface area contributed by atoms with Gasteiger partial charge in [-0.05, 0) is 25.0 Å². The first-order valence-corrected chi connectivity index (χ1v) is 7.05. The van der Waals surface area contributed by atoms with Gasteiger partial charge in [-0.1, -0.05) is 35.9 Å². The van der Waals surface area contributed by atoms with Crippen LogP contribution in [0.1, 0.15) is 12.8 Å². The second-order valence-corrected chi connectivity index (χ2v) is 5.48. The summed E-state index contributed by atoms with van der Waals surface area (Å²) in [5.74, 6) is -0.520. The molecule has 0 saturated carbocycles. The van der Waals surface area contributed by atoms with Crippen LogP contribution >= 0.6 is 11.6 Å². The number of imide groups is 1. The van der Waals surface area contributed by atoms with Crippen LogP contribution in [0.5, 0.6) is 0 Å². The Bertz CT molecular complexity index is 559. The van der Waals surface area contributed by atoms with E-state index in [4.69, 9.17) is 11.6 Å². The van der Waals surface area contributed by atoms with Crippen molar-refractivity contribution < 1.29 is 9.59 Å². The van der Waals surface area contributed by atoms with Crippen LogP contribution in [0.25, 0.3) is 0 Å². The van der Waals surface area contributed by atoms with Crippen LogP contribution in [0.2, 0.25) is 5.02 Å². The van der Waals surface area contributed by atoms with E-state index in [0.717, 1.165) is 5.69 Å². The summed E-state index contributed by atoms with van der Waals surface area (Å²) in [4.78, 5) is 25.8. The van der Waals surface area contributed by atoms with E-state index in [9.17, 15) is 9.59 Å². The second-order valence-electron chi connectivity index (χ2n) is 5.08. The highest BCUT2D eigenvalue weighted by molar-refractivity contribution is 6.33. The van der Waals surface area contributed by atoms with Crippen molar-refractivity contribution in [2.45, 2.75) is 12.8 Å². The molecule has 1 heterocycles. The van der Waals surface area contributed by atoms with Gasteiger partial charge in [0.25, 0.3) is 0 Å². The number of hydrogen-bond acceptors (Lipinski definition) is 3. The molecular weight excluding hydrogens is 276 g/mol. The SMILES string of the molecule is O=C1[C@H]2CC=CC[C@@H]2C(=O)N1CNc1ccccc1Cl. The zero-order valence-corrected chi connectivity index (χ0v) is 11.6. The summed E-state index contributed by atoms with van der Waals surface area (Å²) in [5.41, 5.74) is 0.725. The number of likely N-dealkylation sites (tertiary alicyclic amines) is 1. The quantitative estimate of drug-likeness (QED) is 0.688. The molecule has 0 unspecified atom stereocenters. The number of allylic oxidation sites excluding steroid dienone is 2. The molecule has 20 heavy (non-hydrogen) atoms. The molecule has 1 N–H and O–H groups in total. The zero-order valence-electron chi connectivity index (χ0n) is 10.9. The van der Waals surface area contributed by atoms with Crippen molar-refractivity contribution in [1.82, 2.24) is 4.90 Å². The minimum absolute atomic E-state index is 0.0797. The lowest BCUT2D eigenvalue weighted by atomic mass is 9.85. The maximum Gasteiger partial charge on any atom is 0.234 e. The van der Waals surface area contributed by atoms with Gasteiger partial charge in [0.2, 0.25) is 11.8 Å². The smallest absolute Gasteiger partial charge is 0.234 e. The lowest BCUT2D eigenvalue weighted by Gasteiger charge is -2.17. The van der Waals surface area contributed by atoms with Gasteiger partial charge in [-0.25, -0.2) is 0 Å². The highest BCUT2D eigenvalue weighted by Crippen LogP contribution is 2.35. The fraction of sp³-hybridized carbons (Fsp3) is 0.333. The summed E-state index contributed by atoms with van der Waals surface area (Å²) in [7, 11) is 0. The number of hydrogen-bond donors (Lipinski definition) is 1. The normalized spacial score (nSPS) is 24.9. The average Bonchev–Trinajstić information content (AvgIpc) is 2.71. The van der Waals surface area contributed by atoms with Gasteiger partial charge in [0.15, 0.2) is 0 Å². The Morgan fingerprint density at radius 1 is 1.10 bits per heavy atom. The zero-order chi connectivity index (χ0) is 14.1. The van der Waals surface area contributed by atoms with Gasteiger partial charge in [0.1, 0.15) is 0 Å². The van der Waals surface area contributed by atoms with Crippen LogP contribution in [-0.4, -0.2) is 23.4 Å². The van der Waals surface area contributed by atoms with Crippen molar-refractivity contribution in [3.8, 4) is 0 Å². The van der Waals surface area contributed by atoms with Crippen LogP contribution in [0.15, 0.2) is 36.4 Å². The van der Waals surface area contributed by atoms with E-state index in [1.165, 1.54) is 4.90 Å². The maximum atomic E-state index is 12.3. The molecular formula is C15H15ClN2O2. The molecule has 1 aliphatic heterocycles. The molecule has 1 fully saturated rings. The van der Waals surface area contributed by atoms with Gasteiger partial charge in [-0.15, -0.1) is 0 Å². The van der Waals surface area contributed by atoms with Gasteiger partial charge in [0.05, 0.1) is 29.2 Å². The molecule has 5 heteroatoms. The number of fused-ring (bicyclic) bond motifs is 1. The van der Waals surface area contributed by atoms with Crippen LogP contribution < -0.4 is 5.32 Å². The minimum Gasteiger partial charge on any atom is -0.366 e. The number of halogens is 1. The van der Waals surface area contributed by atoms with Crippen molar-refractivity contribution in [2.75, 3.05) is 12.0 Å². The summed E-state index contributed by atoms with van der Waals surface area (Å²) >= 11 is 6.04. The van der Waals surface area contributed by atoms with E-state index in [2.05, 4.69) is 5.32 Å². The summed E-state index contributed by atoms with van der Waals surface area (Å²) < 4.78 is 0. The van der Waals surface area contributed by atoms with Crippen molar-refractivity contribution in [2.24, 2.45) is 11.8 Å². The number of carbonyl (C=O) groups is 2. The molecule has 2 aliphatic rings. The molecule has 3 rings (SSSR count). The predicted octanol–water partition coefficient (Wildman–Crippen LogP) is 2.66. The fourth-order valence-electron chi connectivity index (χ4n) is 2.79. The third kappa shape index (κ3) is 2.20. The van der Waals surface area contributed by atoms with Gasteiger partial charge in [-0.2, -0.15) is 0 Å². The lowest BCUT2D eigenvalue weighted by Crippen LogP contribution is -2.35. The molecule has 0 spiro atoms. The predicted molar refractivity (Wildman–Crippen MR) is 77.1 cm³/mol. The molecule has 1 aromatic carbocycles. The fourth-order valence-corrected chi connectivity index (χ4v) is 3.00. The van der Waals surface area contributed by atoms with Gasteiger partial charge in [-0.3, -0.25) is 14.5 Å². The van der Waals surface area contributed by atoms with Crippen molar-refractivity contribution in [3.05, 3.63) is 41.4 Å². The largest absolute Gasteiger partial charge is 0.366 e. The number of anilines is 1. The molecule has 0 bridgehead atoms. The van der Waals surface area contributed by atoms with E-state index >= 15 is 0 Å². The number of rotatable bonds is 3. The first kappa shape index (κ1) is 13.2. The molecule has 1 aliphatic carbocycles. The van der Waals surface area contributed by atoms with Crippen molar-refractivity contribution >= 4 is 29.1 Å². The Labute approximate surface area is 122 Å². The topological polar surface area (TPSA) is 49.4 Å². The number of nitrogens with one attached hydrogen (secondary N) is 1. The number of nitrogens with zero attached hydrogens (tertiary/aromatic N) is 1. The van der Waals surface area contributed by atoms with Gasteiger partial charge in [0, 0.05) is 0 Å². The highest BCUT2D eigenvalue weighted by atomic mass is 35.5. The maximum absolute atomic E-state index is 12.3. The Kier molecular flexibility index (Phi) is 3.49. The molecule has 4 nitrogen and oxygen atoms in total. The average molecular weight is 291 g/mol. The Morgan fingerprint density at radius 3 is 2.30 bits per heavy atom. The molecule has 1 aromatic rings. The molecule has 104 valence electrons. The second kappa shape index (κ2) is 5.29. The lowest BCUT2D eigenvalue weighted by molar-refractivity contribution is -0.139. The van der Waals surface area contributed by atoms with Gasteiger partial charge >= 0.3 is 0 Å². The van der Waals surface area contributed by atoms with E-state index in [0.29, 0.717) is 17.9 Å². The van der Waals surface area contributed by atoms with Crippen molar-refractivity contribution in [3.63, 3.8) is 0 Å². The van der Waals surface area contributed by atoms with Gasteiger partial charge < -0.3 is 5.32 Å². The van der Waals surface area contributed by atoms with Crippen LogP contribution in [0.3, 0.4) is 0 Å². The molecule has 1 saturated heterocycles. The summed E-state index contributed by atoms with van der Waals surface area (Å²) in [6, 6.07) is 7.27. The van der Waals surface area contributed by atoms with Crippen molar-refractivity contribution in [1.29, 1.82) is 0 Å². The molecule has 2 atom stereocenters. The van der Waals surface area contributed by atoms with E-state index < -0.39 is 0 Å². The monoisotopic (exact) mass is 290 g/mol. The number of benzene rings is 1. The number of para-hydroxylation sites is 1. The first-order valence-electron chi connectivity index (χ1n) is 6.67. The van der Waals surface area contributed by atoms with E-state index in [1.54, 1.807) is 6.07 Å². The highest BCUT2D eigenvalue weighted by Gasteiger charge is 2.46. The van der Waals surface area contributed by atoms with E-state index in [-0.39, 0.29) is 30.3 Å². The molecule has 0 radical (unpaired) electrons. The minimum atomic E-state index is -0.180. The number of amides is 2. The number of carbonyl (C=O) groups excluding carboxylic acids is 2. The summed E-state index contributed by atoms with van der Waals surface area (Å²) in [6.45, 7) is 0.175. The summed E-state index contributed by atoms with van der Waals surface area (Å²) in [5, 5.41) is 3.63. The molecule has 2 amide bonds. The van der Waals surface area contributed by atoms with Crippen LogP contribution in [0, 0.1) is 11.8 Å². The van der Waals surface area contributed by atoms with Crippen LogP contribution in [0.4, 0.5) is 5.69 Å². The third-order valence-corrected chi connectivity index (χ3v) is 4.23.